The average molecular weight is 184 g/mol. The van der Waals surface area contributed by atoms with E-state index >= 15 is 0 Å². The molecule has 0 atom stereocenters. The molecule has 0 radical (unpaired) electrons. The molecule has 1 heterocycles. The molecule has 0 unspecified atom stereocenters. The van der Waals surface area contributed by atoms with Crippen LogP contribution in [0.5, 0.6) is 0 Å². The highest BCUT2D eigenvalue weighted by Gasteiger charge is 1.97. The molecule has 0 spiro atoms. The fourth-order valence-corrected chi connectivity index (χ4v) is 1.83. The van der Waals surface area contributed by atoms with Crippen LogP contribution in [0.15, 0.2) is 17.5 Å². The average Bonchev–Trinajstić information content (AvgIpc) is 2.49. The van der Waals surface area contributed by atoms with Crippen molar-refractivity contribution in [3.63, 3.8) is 0 Å². The van der Waals surface area contributed by atoms with Gasteiger partial charge in [0.2, 0.25) is 0 Å². The van der Waals surface area contributed by atoms with Gasteiger partial charge in [0.05, 0.1) is 11.4 Å². The first kappa shape index (κ1) is 9.75. The molecule has 1 aromatic heterocycles. The maximum absolute atomic E-state index is 2.39. The molecule has 12 heavy (non-hydrogen) atoms. The minimum absolute atomic E-state index is 0.838. The maximum atomic E-state index is 2.39. The molecule has 0 aliphatic carbocycles. The van der Waals surface area contributed by atoms with E-state index in [-0.39, 0.29) is 0 Å². The molecule has 2 N–H and O–H groups in total. The normalized spacial score (nSPS) is 10.9. The van der Waals surface area contributed by atoms with Crippen molar-refractivity contribution >= 4 is 11.3 Å². The number of hydrogen-bond donors (Lipinski definition) is 1. The first-order valence-electron chi connectivity index (χ1n) is 4.63. The third kappa shape index (κ3) is 3.88. The largest absolute Gasteiger partial charge is 0.342 e. The van der Waals surface area contributed by atoms with Crippen molar-refractivity contribution in [2.24, 2.45) is 5.92 Å². The minimum Gasteiger partial charge on any atom is -0.342 e. The molecular weight excluding hydrogens is 166 g/mol. The van der Waals surface area contributed by atoms with Gasteiger partial charge in [-0.3, -0.25) is 0 Å². The van der Waals surface area contributed by atoms with Crippen LogP contribution in [-0.2, 0) is 6.54 Å². The summed E-state index contributed by atoms with van der Waals surface area (Å²) in [4.78, 5) is 1.48. The summed E-state index contributed by atoms with van der Waals surface area (Å²) >= 11 is 1.85. The van der Waals surface area contributed by atoms with Crippen molar-refractivity contribution < 1.29 is 5.32 Å². The Bertz CT molecular complexity index is 192. The molecule has 0 aliphatic rings. The van der Waals surface area contributed by atoms with Crippen LogP contribution >= 0.6 is 11.3 Å². The Balaban J connectivity index is 2.04. The lowest BCUT2D eigenvalue weighted by atomic mass is 10.1. The molecule has 0 saturated carbocycles. The van der Waals surface area contributed by atoms with E-state index in [4.69, 9.17) is 0 Å². The van der Waals surface area contributed by atoms with Crippen LogP contribution in [0, 0.1) is 5.92 Å². The van der Waals surface area contributed by atoms with E-state index in [1.165, 1.54) is 17.8 Å². The number of rotatable bonds is 5. The summed E-state index contributed by atoms with van der Waals surface area (Å²) in [5, 5.41) is 4.54. The predicted molar refractivity (Wildman–Crippen MR) is 54.3 cm³/mol. The van der Waals surface area contributed by atoms with Crippen molar-refractivity contribution in [2.75, 3.05) is 6.54 Å². The monoisotopic (exact) mass is 184 g/mol. The molecule has 0 bridgehead atoms. The molecule has 2 heteroatoms. The van der Waals surface area contributed by atoms with Gasteiger partial charge in [-0.2, -0.15) is 0 Å². The summed E-state index contributed by atoms with van der Waals surface area (Å²) in [6, 6.07) is 4.33. The second-order valence-corrected chi connectivity index (χ2v) is 4.58. The molecule has 0 aliphatic heterocycles. The van der Waals surface area contributed by atoms with Gasteiger partial charge in [0.25, 0.3) is 0 Å². The summed E-state index contributed by atoms with van der Waals surface area (Å²) in [5.74, 6) is 0.838. The van der Waals surface area contributed by atoms with Gasteiger partial charge in [0, 0.05) is 0 Å². The summed E-state index contributed by atoms with van der Waals surface area (Å²) in [6.45, 7) is 6.97. The Labute approximate surface area is 78.8 Å². The second-order valence-electron chi connectivity index (χ2n) is 3.54. The van der Waals surface area contributed by atoms with Crippen LogP contribution in [0.1, 0.15) is 25.1 Å². The summed E-state index contributed by atoms with van der Waals surface area (Å²) < 4.78 is 0. The first-order valence-corrected chi connectivity index (χ1v) is 5.51. The van der Waals surface area contributed by atoms with E-state index < -0.39 is 0 Å². The van der Waals surface area contributed by atoms with Crippen molar-refractivity contribution in [3.8, 4) is 0 Å². The zero-order valence-corrected chi connectivity index (χ0v) is 8.73. The molecule has 0 amide bonds. The van der Waals surface area contributed by atoms with Gasteiger partial charge in [-0.25, -0.2) is 0 Å². The molecule has 1 nitrogen and oxygen atoms in total. The molecule has 68 valence electrons. The first-order chi connectivity index (χ1) is 5.79. The van der Waals surface area contributed by atoms with Crippen LogP contribution < -0.4 is 5.32 Å². The van der Waals surface area contributed by atoms with Crippen molar-refractivity contribution in [1.82, 2.24) is 0 Å². The van der Waals surface area contributed by atoms with Crippen LogP contribution in [0.25, 0.3) is 0 Å². The van der Waals surface area contributed by atoms with Crippen LogP contribution in [0.4, 0.5) is 0 Å². The Morgan fingerprint density at radius 2 is 2.33 bits per heavy atom. The van der Waals surface area contributed by atoms with Crippen LogP contribution in [-0.4, -0.2) is 6.54 Å². The van der Waals surface area contributed by atoms with Crippen LogP contribution in [0.3, 0.4) is 0 Å². The predicted octanol–water partition coefficient (Wildman–Crippen LogP) is 1.86. The molecule has 0 saturated heterocycles. The van der Waals surface area contributed by atoms with Gasteiger partial charge in [0.15, 0.2) is 0 Å². The van der Waals surface area contributed by atoms with Gasteiger partial charge in [-0.05, 0) is 23.8 Å². The van der Waals surface area contributed by atoms with Gasteiger partial charge < -0.3 is 5.32 Å². The standard InChI is InChI=1S/C10H17NS/c1-9(2)5-6-11-8-10-4-3-7-12-10/h3-4,7,9,11H,5-6,8H2,1-2H3/p+1. The SMILES string of the molecule is CC(C)CC[NH2+]Cc1cccs1. The van der Waals surface area contributed by atoms with Crippen molar-refractivity contribution in [3.05, 3.63) is 22.4 Å². The fraction of sp³-hybridized carbons (Fsp3) is 0.600. The zero-order chi connectivity index (χ0) is 8.81. The third-order valence-electron chi connectivity index (χ3n) is 1.87. The van der Waals surface area contributed by atoms with Gasteiger partial charge in [0.1, 0.15) is 6.54 Å². The van der Waals surface area contributed by atoms with Crippen molar-refractivity contribution in [2.45, 2.75) is 26.8 Å². The smallest absolute Gasteiger partial charge is 0.111 e. The fourth-order valence-electron chi connectivity index (χ4n) is 1.12. The molecule has 1 aromatic rings. The summed E-state index contributed by atoms with van der Waals surface area (Å²) in [5.41, 5.74) is 0. The van der Waals surface area contributed by atoms with Gasteiger partial charge in [-0.15, -0.1) is 11.3 Å². The highest BCUT2D eigenvalue weighted by Crippen LogP contribution is 2.05. The lowest BCUT2D eigenvalue weighted by Gasteiger charge is -2.02. The number of thiophene rings is 1. The topological polar surface area (TPSA) is 16.6 Å². The number of quaternary nitrogens is 1. The Hall–Kier alpha value is -0.340. The molecule has 0 aromatic carbocycles. The van der Waals surface area contributed by atoms with E-state index in [2.05, 4.69) is 36.7 Å². The van der Waals surface area contributed by atoms with E-state index in [9.17, 15) is 0 Å². The Kier molecular flexibility index (Phi) is 4.33. The van der Waals surface area contributed by atoms with Gasteiger partial charge in [-0.1, -0.05) is 19.9 Å². The highest BCUT2D eigenvalue weighted by atomic mass is 32.1. The Morgan fingerprint density at radius 3 is 2.92 bits per heavy atom. The van der Waals surface area contributed by atoms with E-state index in [1.54, 1.807) is 0 Å². The quantitative estimate of drug-likeness (QED) is 0.673. The van der Waals surface area contributed by atoms with E-state index in [0.29, 0.717) is 0 Å². The number of nitrogens with two attached hydrogens (primary N) is 1. The Morgan fingerprint density at radius 1 is 1.50 bits per heavy atom. The van der Waals surface area contributed by atoms with E-state index in [0.717, 1.165) is 12.5 Å². The summed E-state index contributed by atoms with van der Waals surface area (Å²) in [7, 11) is 0. The lowest BCUT2D eigenvalue weighted by Crippen LogP contribution is -2.82. The molecule has 0 fully saturated rings. The lowest BCUT2D eigenvalue weighted by molar-refractivity contribution is -0.671. The summed E-state index contributed by atoms with van der Waals surface area (Å²) in [6.07, 6.45) is 1.32. The van der Waals surface area contributed by atoms with Crippen molar-refractivity contribution in [1.29, 1.82) is 0 Å². The number of hydrogen-bond acceptors (Lipinski definition) is 1. The van der Waals surface area contributed by atoms with E-state index in [1.807, 2.05) is 11.3 Å². The maximum Gasteiger partial charge on any atom is 0.111 e. The van der Waals surface area contributed by atoms with Crippen LogP contribution in [0.2, 0.25) is 0 Å². The molecule has 1 rings (SSSR count). The highest BCUT2D eigenvalue weighted by molar-refractivity contribution is 7.09. The molecular formula is C10H18NS+. The second kappa shape index (κ2) is 5.33. The third-order valence-corrected chi connectivity index (χ3v) is 2.77. The van der Waals surface area contributed by atoms with Gasteiger partial charge >= 0.3 is 0 Å². The zero-order valence-electron chi connectivity index (χ0n) is 7.92. The minimum atomic E-state index is 0.838.